The molecule has 0 saturated carbocycles. The number of hydrogen-bond acceptors (Lipinski definition) is 0. The van der Waals surface area contributed by atoms with Gasteiger partial charge in [-0.1, -0.05) is 92.7 Å². The maximum Gasteiger partial charge on any atom is -0.0316 e. The Balaban J connectivity index is 3.37. The van der Waals surface area contributed by atoms with Crippen LogP contribution in [0.15, 0.2) is 72.9 Å². The molecule has 0 N–H and O–H groups in total. The summed E-state index contributed by atoms with van der Waals surface area (Å²) >= 11 is 0. The van der Waals surface area contributed by atoms with Crippen LogP contribution in [-0.2, 0) is 0 Å². The van der Waals surface area contributed by atoms with Gasteiger partial charge >= 0.3 is 0 Å². The first-order valence-electron chi connectivity index (χ1n) is 11.8. The Morgan fingerprint density at radius 3 is 0.929 bits per heavy atom. The first kappa shape index (κ1) is 26.4. The molecule has 0 fully saturated rings. The summed E-state index contributed by atoms with van der Waals surface area (Å²) in [4.78, 5) is 0. The number of hydrogen-bond donors (Lipinski definition) is 0. The van der Waals surface area contributed by atoms with Crippen molar-refractivity contribution in [2.24, 2.45) is 0 Å². The Labute approximate surface area is 176 Å². The molecule has 0 aliphatic rings. The molecule has 28 heavy (non-hydrogen) atoms. The molecule has 158 valence electrons. The summed E-state index contributed by atoms with van der Waals surface area (Å²) < 4.78 is 0. The molecule has 0 aromatic rings. The third-order valence-corrected chi connectivity index (χ3v) is 4.54. The van der Waals surface area contributed by atoms with Crippen LogP contribution >= 0.6 is 0 Å². The predicted molar refractivity (Wildman–Crippen MR) is 131 cm³/mol. The van der Waals surface area contributed by atoms with Gasteiger partial charge in [0.05, 0.1) is 0 Å². The van der Waals surface area contributed by atoms with E-state index >= 15 is 0 Å². The Morgan fingerprint density at radius 2 is 0.643 bits per heavy atom. The highest BCUT2D eigenvalue weighted by Gasteiger charge is 1.83. The quantitative estimate of drug-likeness (QED) is 0.154. The minimum absolute atomic E-state index is 1.17. The van der Waals surface area contributed by atoms with E-state index in [1.165, 1.54) is 89.9 Å². The molecule has 0 radical (unpaired) electrons. The predicted octanol–water partition coefficient (Wildman–Crippen LogP) is 9.82. The molecule has 0 atom stereocenters. The summed E-state index contributed by atoms with van der Waals surface area (Å²) in [7, 11) is 0. The van der Waals surface area contributed by atoms with Crippen molar-refractivity contribution in [3.8, 4) is 0 Å². The van der Waals surface area contributed by atoms with E-state index < -0.39 is 0 Å². The van der Waals surface area contributed by atoms with Crippen LogP contribution in [0.1, 0.15) is 104 Å². The monoisotopic (exact) mass is 382 g/mol. The molecule has 0 heterocycles. The van der Waals surface area contributed by atoms with Crippen molar-refractivity contribution in [3.05, 3.63) is 72.9 Å². The fourth-order valence-corrected chi connectivity index (χ4v) is 2.82. The van der Waals surface area contributed by atoms with Crippen LogP contribution < -0.4 is 0 Å². The zero-order valence-electron chi connectivity index (χ0n) is 18.8. The summed E-state index contributed by atoms with van der Waals surface area (Å²) in [6, 6.07) is 0. The largest absolute Gasteiger partial charge is 0.0917 e. The second kappa shape index (κ2) is 25.4. The number of rotatable bonds is 19. The molecule has 0 aliphatic carbocycles. The molecule has 0 heteroatoms. The molecular weight excluding hydrogens is 336 g/mol. The molecule has 0 spiro atoms. The summed E-state index contributed by atoms with van der Waals surface area (Å²) in [6.45, 7) is 4.34. The number of unbranched alkanes of at least 4 members (excludes halogenated alkanes) is 8. The molecule has 0 aromatic carbocycles. The third-order valence-electron chi connectivity index (χ3n) is 4.54. The fraction of sp³-hybridized carbons (Fsp3) is 0.571. The Hall–Kier alpha value is -1.56. The van der Waals surface area contributed by atoms with Crippen molar-refractivity contribution in [2.75, 3.05) is 0 Å². The Morgan fingerprint density at radius 1 is 0.357 bits per heavy atom. The topological polar surface area (TPSA) is 0 Å². The Bertz CT molecular complexity index is 456. The van der Waals surface area contributed by atoms with Gasteiger partial charge in [-0.3, -0.25) is 0 Å². The number of allylic oxidation sites excluding steroid dienone is 12. The highest BCUT2D eigenvalue weighted by atomic mass is 13.9. The van der Waals surface area contributed by atoms with Gasteiger partial charge in [0.2, 0.25) is 0 Å². The van der Waals surface area contributed by atoms with Crippen molar-refractivity contribution in [1.82, 2.24) is 0 Å². The SMILES string of the molecule is CC=CCCC=CCCC=CCCC=CCCC=CCCC=CCCCCC. The first-order chi connectivity index (χ1) is 13.9. The van der Waals surface area contributed by atoms with Gasteiger partial charge < -0.3 is 0 Å². The zero-order chi connectivity index (χ0) is 20.4. The maximum absolute atomic E-state index is 2.35. The smallest absolute Gasteiger partial charge is 0.0316 e. The van der Waals surface area contributed by atoms with E-state index in [2.05, 4.69) is 86.8 Å². The minimum Gasteiger partial charge on any atom is -0.0917 e. The zero-order valence-corrected chi connectivity index (χ0v) is 18.8. The second-order valence-electron chi connectivity index (χ2n) is 7.31. The summed E-state index contributed by atoms with van der Waals surface area (Å²) in [5.74, 6) is 0. The van der Waals surface area contributed by atoms with Crippen LogP contribution in [0.4, 0.5) is 0 Å². The maximum atomic E-state index is 2.35. The van der Waals surface area contributed by atoms with Crippen molar-refractivity contribution < 1.29 is 0 Å². The lowest BCUT2D eigenvalue weighted by molar-refractivity contribution is 0.728. The van der Waals surface area contributed by atoms with E-state index in [0.717, 1.165) is 0 Å². The summed E-state index contributed by atoms with van der Waals surface area (Å²) in [6.07, 6.45) is 44.7. The van der Waals surface area contributed by atoms with Crippen LogP contribution in [0.5, 0.6) is 0 Å². The van der Waals surface area contributed by atoms with Gasteiger partial charge in [0.15, 0.2) is 0 Å². The fourth-order valence-electron chi connectivity index (χ4n) is 2.82. The lowest BCUT2D eigenvalue weighted by atomic mass is 10.1. The van der Waals surface area contributed by atoms with E-state index in [-0.39, 0.29) is 0 Å². The van der Waals surface area contributed by atoms with Crippen LogP contribution in [0, 0.1) is 0 Å². The molecular formula is C28H46. The van der Waals surface area contributed by atoms with E-state index in [4.69, 9.17) is 0 Å². The van der Waals surface area contributed by atoms with Gasteiger partial charge in [-0.15, -0.1) is 0 Å². The lowest BCUT2D eigenvalue weighted by Crippen LogP contribution is -1.72. The van der Waals surface area contributed by atoms with E-state index in [1.54, 1.807) is 0 Å². The second-order valence-corrected chi connectivity index (χ2v) is 7.31. The van der Waals surface area contributed by atoms with Crippen molar-refractivity contribution >= 4 is 0 Å². The highest BCUT2D eigenvalue weighted by Crippen LogP contribution is 2.03. The van der Waals surface area contributed by atoms with Gasteiger partial charge in [-0.2, -0.15) is 0 Å². The molecule has 0 aromatic heterocycles. The first-order valence-corrected chi connectivity index (χ1v) is 11.8. The molecule has 0 nitrogen and oxygen atoms in total. The van der Waals surface area contributed by atoms with Crippen LogP contribution in [-0.4, -0.2) is 0 Å². The van der Waals surface area contributed by atoms with Gasteiger partial charge in [-0.25, -0.2) is 0 Å². The van der Waals surface area contributed by atoms with E-state index in [9.17, 15) is 0 Å². The molecule has 0 rings (SSSR count). The van der Waals surface area contributed by atoms with Crippen LogP contribution in [0.25, 0.3) is 0 Å². The van der Waals surface area contributed by atoms with Gasteiger partial charge in [-0.05, 0) is 84.0 Å². The van der Waals surface area contributed by atoms with Crippen LogP contribution in [0.2, 0.25) is 0 Å². The molecule has 0 unspecified atom stereocenters. The highest BCUT2D eigenvalue weighted by molar-refractivity contribution is 4.93. The van der Waals surface area contributed by atoms with Crippen molar-refractivity contribution in [1.29, 1.82) is 0 Å². The molecule has 0 saturated heterocycles. The average Bonchev–Trinajstić information content (AvgIpc) is 2.71. The third kappa shape index (κ3) is 24.4. The standard InChI is InChI=1S/C28H46/c1-3-5-7-9-11-13-15-17-19-21-23-25-27-28-26-24-22-20-18-16-14-12-10-8-6-4-2/h3,5,11-14,19-22,27-28H,4,6-10,15-18,23-26H2,1-2H3. The normalized spacial score (nSPS) is 13.1. The van der Waals surface area contributed by atoms with Gasteiger partial charge in [0.1, 0.15) is 0 Å². The van der Waals surface area contributed by atoms with Crippen LogP contribution in [0.3, 0.4) is 0 Å². The van der Waals surface area contributed by atoms with E-state index in [0.29, 0.717) is 0 Å². The van der Waals surface area contributed by atoms with Gasteiger partial charge in [0.25, 0.3) is 0 Å². The summed E-state index contributed by atoms with van der Waals surface area (Å²) in [5.41, 5.74) is 0. The van der Waals surface area contributed by atoms with Gasteiger partial charge in [0, 0.05) is 0 Å². The van der Waals surface area contributed by atoms with Crippen molar-refractivity contribution in [3.63, 3.8) is 0 Å². The average molecular weight is 383 g/mol. The van der Waals surface area contributed by atoms with E-state index in [1.807, 2.05) is 0 Å². The molecule has 0 bridgehead atoms. The Kier molecular flexibility index (Phi) is 24.0. The lowest BCUT2D eigenvalue weighted by Gasteiger charge is -1.92. The summed E-state index contributed by atoms with van der Waals surface area (Å²) in [5, 5.41) is 0. The molecule has 0 aliphatic heterocycles. The molecule has 0 amide bonds. The van der Waals surface area contributed by atoms with Crippen molar-refractivity contribution in [2.45, 2.75) is 104 Å². The minimum atomic E-state index is 1.17.